The summed E-state index contributed by atoms with van der Waals surface area (Å²) >= 11 is 4.23. The maximum atomic E-state index is 13.3. The molecule has 2 atom stereocenters. The predicted molar refractivity (Wildman–Crippen MR) is 157 cm³/mol. The van der Waals surface area contributed by atoms with E-state index in [-0.39, 0.29) is 12.2 Å². The minimum atomic E-state index is -0.816. The number of thiazole rings is 1. The van der Waals surface area contributed by atoms with Crippen LogP contribution in [0.4, 0.5) is 4.79 Å². The van der Waals surface area contributed by atoms with Gasteiger partial charge in [-0.15, -0.1) is 11.3 Å². The van der Waals surface area contributed by atoms with Crippen molar-refractivity contribution in [2.24, 2.45) is 0 Å². The molecule has 3 N–H and O–H groups in total. The van der Waals surface area contributed by atoms with Crippen molar-refractivity contribution < 1.29 is 28.7 Å². The van der Waals surface area contributed by atoms with E-state index in [4.69, 9.17) is 9.47 Å². The lowest BCUT2D eigenvalue weighted by molar-refractivity contribution is -0.142. The van der Waals surface area contributed by atoms with E-state index in [2.05, 4.69) is 20.9 Å². The monoisotopic (exact) mass is 596 g/mol. The number of thioether (sulfide) groups is 2. The molecule has 0 fully saturated rings. The number of hydrogen-bond acceptors (Lipinski definition) is 10. The molecule has 0 unspecified atom stereocenters. The van der Waals surface area contributed by atoms with E-state index in [1.807, 2.05) is 42.8 Å². The van der Waals surface area contributed by atoms with Gasteiger partial charge in [-0.2, -0.15) is 23.5 Å². The molecular formula is C26H36N4O6S3. The van der Waals surface area contributed by atoms with Crippen molar-refractivity contribution in [2.45, 2.75) is 51.4 Å². The lowest BCUT2D eigenvalue weighted by Gasteiger charge is -2.22. The Kier molecular flexibility index (Phi) is 13.1. The van der Waals surface area contributed by atoms with Gasteiger partial charge in [0.2, 0.25) is 5.91 Å². The van der Waals surface area contributed by atoms with E-state index >= 15 is 0 Å². The van der Waals surface area contributed by atoms with Crippen molar-refractivity contribution in [1.29, 1.82) is 0 Å². The van der Waals surface area contributed by atoms with Crippen LogP contribution >= 0.6 is 34.9 Å². The fourth-order valence-corrected chi connectivity index (χ4v) is 5.36. The molecule has 39 heavy (non-hydrogen) atoms. The minimum Gasteiger partial charge on any atom is -0.467 e. The van der Waals surface area contributed by atoms with Gasteiger partial charge in [-0.25, -0.2) is 14.6 Å². The number of nitrogens with one attached hydrogen (secondary N) is 3. The smallest absolute Gasteiger partial charge is 0.408 e. The molecule has 10 nitrogen and oxygen atoms in total. The van der Waals surface area contributed by atoms with Crippen LogP contribution < -0.4 is 16.0 Å². The topological polar surface area (TPSA) is 136 Å². The second-order valence-corrected chi connectivity index (χ2v) is 12.3. The number of rotatable bonds is 13. The molecule has 0 saturated heterocycles. The summed E-state index contributed by atoms with van der Waals surface area (Å²) in [5.74, 6) is -0.434. The van der Waals surface area contributed by atoms with Gasteiger partial charge in [0.25, 0.3) is 5.91 Å². The van der Waals surface area contributed by atoms with Crippen LogP contribution in [0.25, 0.3) is 10.4 Å². The summed E-state index contributed by atoms with van der Waals surface area (Å²) in [6.45, 7) is 5.27. The summed E-state index contributed by atoms with van der Waals surface area (Å²) in [7, 11) is 1.28. The molecule has 0 spiro atoms. The van der Waals surface area contributed by atoms with E-state index in [1.54, 1.807) is 32.5 Å². The van der Waals surface area contributed by atoms with Gasteiger partial charge in [-0.1, -0.05) is 30.3 Å². The van der Waals surface area contributed by atoms with Gasteiger partial charge in [0.15, 0.2) is 0 Å². The number of esters is 1. The average Bonchev–Trinajstić information content (AvgIpc) is 3.33. The normalized spacial score (nSPS) is 12.7. The largest absolute Gasteiger partial charge is 0.467 e. The number of carbonyl (C=O) groups excluding carboxylic acids is 4. The summed E-state index contributed by atoms with van der Waals surface area (Å²) in [4.78, 5) is 55.8. The maximum Gasteiger partial charge on any atom is 0.408 e. The fraction of sp³-hybridized carbons (Fsp3) is 0.500. The predicted octanol–water partition coefficient (Wildman–Crippen LogP) is 3.71. The minimum absolute atomic E-state index is 0.0460. The maximum absolute atomic E-state index is 13.3. The van der Waals surface area contributed by atoms with Crippen molar-refractivity contribution >= 4 is 58.7 Å². The Morgan fingerprint density at radius 3 is 2.31 bits per heavy atom. The molecule has 3 amide bonds. The molecular weight excluding hydrogens is 561 g/mol. The molecule has 0 bridgehead atoms. The zero-order chi connectivity index (χ0) is 29.0. The number of benzene rings is 1. The van der Waals surface area contributed by atoms with Gasteiger partial charge in [0.1, 0.15) is 28.4 Å². The summed E-state index contributed by atoms with van der Waals surface area (Å²) in [6, 6.07) is 7.66. The fourth-order valence-electron chi connectivity index (χ4n) is 3.32. The second-order valence-electron chi connectivity index (χ2n) is 9.35. The molecule has 0 aliphatic heterocycles. The van der Waals surface area contributed by atoms with E-state index in [0.29, 0.717) is 27.8 Å². The number of carbonyl (C=O) groups is 4. The van der Waals surface area contributed by atoms with Gasteiger partial charge in [-0.05, 0) is 51.0 Å². The van der Waals surface area contributed by atoms with E-state index in [0.717, 1.165) is 5.56 Å². The molecule has 0 aliphatic carbocycles. The van der Waals surface area contributed by atoms with Crippen LogP contribution in [0.2, 0.25) is 0 Å². The Morgan fingerprint density at radius 1 is 1.03 bits per heavy atom. The van der Waals surface area contributed by atoms with Gasteiger partial charge in [0.05, 0.1) is 18.5 Å². The van der Waals surface area contributed by atoms with Gasteiger partial charge < -0.3 is 25.4 Å². The highest BCUT2D eigenvalue weighted by Gasteiger charge is 2.27. The number of nitrogens with zero attached hydrogens (tertiary/aromatic N) is 1. The lowest BCUT2D eigenvalue weighted by Crippen LogP contribution is -2.49. The molecule has 0 aliphatic rings. The van der Waals surface area contributed by atoms with Crippen molar-refractivity contribution in [3.8, 4) is 10.4 Å². The number of alkyl carbamates (subject to hydrolysis) is 1. The Balaban J connectivity index is 2.23. The van der Waals surface area contributed by atoms with Gasteiger partial charge in [0, 0.05) is 5.75 Å². The zero-order valence-corrected chi connectivity index (χ0v) is 25.4. The van der Waals surface area contributed by atoms with Crippen LogP contribution in [0.15, 0.2) is 30.3 Å². The van der Waals surface area contributed by atoms with Crippen LogP contribution in [0.5, 0.6) is 0 Å². The highest BCUT2D eigenvalue weighted by Crippen LogP contribution is 2.30. The first-order valence-corrected chi connectivity index (χ1v) is 15.8. The third-order valence-corrected chi connectivity index (χ3v) is 7.49. The summed E-state index contributed by atoms with van der Waals surface area (Å²) in [6.07, 6.45) is 3.47. The van der Waals surface area contributed by atoms with Crippen LogP contribution in [-0.4, -0.2) is 77.7 Å². The van der Waals surface area contributed by atoms with Crippen molar-refractivity contribution in [3.63, 3.8) is 0 Å². The molecule has 0 saturated carbocycles. The molecule has 214 valence electrons. The molecule has 0 radical (unpaired) electrons. The van der Waals surface area contributed by atoms with E-state index in [9.17, 15) is 19.2 Å². The first kappa shape index (κ1) is 32.4. The Morgan fingerprint density at radius 2 is 1.72 bits per heavy atom. The summed E-state index contributed by atoms with van der Waals surface area (Å²) < 4.78 is 10.1. The van der Waals surface area contributed by atoms with Crippen LogP contribution in [0.3, 0.4) is 0 Å². The van der Waals surface area contributed by atoms with Crippen LogP contribution in [0, 0.1) is 0 Å². The standard InChI is InChI=1S/C26H36N4O6S3/c1-26(2,3)36-25(34)29-18(15-38-6)22(31)27-14-19-30-20(21(39-19)16-10-8-7-9-11-16)23(32)28-17(12-13-37-5)24(33)35-4/h7-11,17-18H,12-15H2,1-6H3,(H,27,31)(H,28,32)(H,29,34)/t17-,18-/m0/s1. The highest BCUT2D eigenvalue weighted by atomic mass is 32.2. The van der Waals surface area contributed by atoms with Gasteiger partial charge >= 0.3 is 12.1 Å². The molecule has 13 heteroatoms. The average molecular weight is 597 g/mol. The number of ether oxygens (including phenoxy) is 2. The summed E-state index contributed by atoms with van der Waals surface area (Å²) in [5.41, 5.74) is 0.239. The van der Waals surface area contributed by atoms with Crippen molar-refractivity contribution in [3.05, 3.63) is 41.0 Å². The van der Waals surface area contributed by atoms with Gasteiger partial charge in [-0.3, -0.25) is 9.59 Å². The quantitative estimate of drug-likeness (QED) is 0.296. The zero-order valence-electron chi connectivity index (χ0n) is 23.0. The third-order valence-electron chi connectivity index (χ3n) is 5.08. The summed E-state index contributed by atoms with van der Waals surface area (Å²) in [5, 5.41) is 8.64. The van der Waals surface area contributed by atoms with Crippen LogP contribution in [0.1, 0.15) is 42.7 Å². The molecule has 2 aromatic rings. The Hall–Kier alpha value is -2.77. The Labute approximate surface area is 241 Å². The third kappa shape index (κ3) is 10.7. The SMILES string of the molecule is COC(=O)[C@H](CCSC)NC(=O)c1nc(CNC(=O)[C@H](CSC)NC(=O)OC(C)(C)C)sc1-c1ccccc1. The molecule has 2 rings (SSSR count). The molecule has 1 aromatic carbocycles. The molecule has 1 aromatic heterocycles. The van der Waals surface area contributed by atoms with Crippen LogP contribution in [-0.2, 0) is 25.6 Å². The molecule has 1 heterocycles. The van der Waals surface area contributed by atoms with Crippen molar-refractivity contribution in [1.82, 2.24) is 20.9 Å². The first-order chi connectivity index (χ1) is 18.5. The second kappa shape index (κ2) is 15.7. The highest BCUT2D eigenvalue weighted by molar-refractivity contribution is 7.98. The number of hydrogen-bond donors (Lipinski definition) is 3. The number of aromatic nitrogens is 1. The lowest BCUT2D eigenvalue weighted by atomic mass is 10.1. The van der Waals surface area contributed by atoms with E-state index < -0.39 is 41.6 Å². The number of amides is 3. The number of methoxy groups -OCH3 is 1. The Bertz CT molecular complexity index is 1120. The first-order valence-electron chi connectivity index (χ1n) is 12.2. The van der Waals surface area contributed by atoms with Crippen molar-refractivity contribution in [2.75, 3.05) is 31.1 Å². The van der Waals surface area contributed by atoms with E-state index in [1.165, 1.54) is 30.2 Å².